The van der Waals surface area contributed by atoms with Crippen molar-refractivity contribution in [2.45, 2.75) is 0 Å². The van der Waals surface area contributed by atoms with Gasteiger partial charge in [0.2, 0.25) is 0 Å². The van der Waals surface area contributed by atoms with Gasteiger partial charge in [0, 0.05) is 11.9 Å². The van der Waals surface area contributed by atoms with Gasteiger partial charge in [-0.2, -0.15) is 0 Å². The van der Waals surface area contributed by atoms with Crippen LogP contribution in [0, 0.1) is 0 Å². The first kappa shape index (κ1) is 23.3. The van der Waals surface area contributed by atoms with E-state index < -0.39 is 17.9 Å². The van der Waals surface area contributed by atoms with Crippen LogP contribution in [0.4, 0.5) is 5.69 Å². The molecule has 0 N–H and O–H groups in total. The fourth-order valence-electron chi connectivity index (χ4n) is 3.25. The molecule has 0 atom stereocenters. The molecule has 0 saturated carbocycles. The second kappa shape index (κ2) is 10.8. The van der Waals surface area contributed by atoms with E-state index in [9.17, 15) is 14.4 Å². The first-order valence-corrected chi connectivity index (χ1v) is 10.0. The van der Waals surface area contributed by atoms with Crippen molar-refractivity contribution in [3.63, 3.8) is 0 Å². The third kappa shape index (κ3) is 5.27. The highest BCUT2D eigenvalue weighted by atomic mass is 16.5. The molecule has 3 rings (SSSR count). The van der Waals surface area contributed by atoms with Crippen LogP contribution < -0.4 is 4.90 Å². The predicted octanol–water partition coefficient (Wildman–Crippen LogP) is 3.89. The van der Waals surface area contributed by atoms with Crippen LogP contribution in [0.5, 0.6) is 0 Å². The number of allylic oxidation sites excluding steroid dienone is 2. The zero-order chi connectivity index (χ0) is 23.8. The quantitative estimate of drug-likeness (QED) is 0.289. The lowest BCUT2D eigenvalue weighted by molar-refractivity contribution is -0.139. The van der Waals surface area contributed by atoms with Gasteiger partial charge in [0.05, 0.1) is 32.5 Å². The number of anilines is 1. The maximum Gasteiger partial charge on any atom is 0.355 e. The Bertz CT molecular complexity index is 1160. The molecule has 0 aliphatic carbocycles. The van der Waals surface area contributed by atoms with Gasteiger partial charge in [-0.15, -0.1) is 0 Å². The third-order valence-electron chi connectivity index (χ3n) is 4.86. The summed E-state index contributed by atoms with van der Waals surface area (Å²) in [7, 11) is 3.82. The minimum atomic E-state index is -0.687. The first-order valence-electron chi connectivity index (χ1n) is 10.0. The minimum absolute atomic E-state index is 0.0252. The Labute approximate surface area is 191 Å². The lowest BCUT2D eigenvalue weighted by Crippen LogP contribution is -2.26. The normalized spacial score (nSPS) is 13.4. The Morgan fingerprint density at radius 2 is 1.45 bits per heavy atom. The number of hydrogen-bond donors (Lipinski definition) is 0. The average molecular weight is 445 g/mol. The van der Waals surface area contributed by atoms with Crippen LogP contribution >= 0.6 is 0 Å². The lowest BCUT2D eigenvalue weighted by atomic mass is 10.0. The molecule has 0 radical (unpaired) electrons. The molecule has 0 amide bonds. The van der Waals surface area contributed by atoms with Gasteiger partial charge in [-0.1, -0.05) is 48.5 Å². The molecular formula is C26H23NO6. The number of carbonyl (C=O) groups excluding carboxylic acids is 3. The van der Waals surface area contributed by atoms with E-state index in [0.717, 1.165) is 11.1 Å². The molecule has 0 unspecified atom stereocenters. The Hall–Kier alpha value is -4.39. The number of ether oxygens (including phenoxy) is 3. The van der Waals surface area contributed by atoms with Crippen molar-refractivity contribution < 1.29 is 28.6 Å². The summed E-state index contributed by atoms with van der Waals surface area (Å²) in [6, 6.07) is 16.3. The summed E-state index contributed by atoms with van der Waals surface area (Å²) in [4.78, 5) is 38.7. The molecule has 168 valence electrons. The molecule has 33 heavy (non-hydrogen) atoms. The Morgan fingerprint density at radius 3 is 2.06 bits per heavy atom. The Kier molecular flexibility index (Phi) is 7.60. The number of benzene rings is 2. The molecule has 1 aliphatic rings. The van der Waals surface area contributed by atoms with Gasteiger partial charge in [-0.3, -0.25) is 0 Å². The van der Waals surface area contributed by atoms with Gasteiger partial charge in [-0.05, 0) is 41.5 Å². The molecule has 1 aliphatic heterocycles. The van der Waals surface area contributed by atoms with E-state index in [4.69, 9.17) is 14.2 Å². The molecule has 0 fully saturated rings. The standard InChI is InChI=1S/C26H23NO6/c1-31-24(28)21-11-7-8-16-27(23(21)26(30)33-3)20-14-12-18(13-15-20)17-22(25(29)32-2)19-9-5-4-6-10-19/h4-17H,1-3H3. The summed E-state index contributed by atoms with van der Waals surface area (Å²) in [5.74, 6) is -1.80. The van der Waals surface area contributed by atoms with E-state index in [1.54, 1.807) is 53.6 Å². The van der Waals surface area contributed by atoms with E-state index in [1.165, 1.54) is 27.4 Å². The van der Waals surface area contributed by atoms with E-state index in [1.807, 2.05) is 30.3 Å². The van der Waals surface area contributed by atoms with Gasteiger partial charge in [0.15, 0.2) is 0 Å². The maximum absolute atomic E-state index is 12.6. The van der Waals surface area contributed by atoms with E-state index >= 15 is 0 Å². The predicted molar refractivity (Wildman–Crippen MR) is 125 cm³/mol. The van der Waals surface area contributed by atoms with Crippen LogP contribution in [0.2, 0.25) is 0 Å². The molecule has 0 bridgehead atoms. The van der Waals surface area contributed by atoms with Crippen molar-refractivity contribution in [3.05, 3.63) is 101 Å². The third-order valence-corrected chi connectivity index (χ3v) is 4.86. The maximum atomic E-state index is 12.6. The van der Waals surface area contributed by atoms with E-state index in [2.05, 4.69) is 0 Å². The molecule has 1 heterocycles. The second-order valence-corrected chi connectivity index (χ2v) is 6.82. The molecule has 2 aromatic carbocycles. The lowest BCUT2D eigenvalue weighted by Gasteiger charge is -2.23. The topological polar surface area (TPSA) is 82.1 Å². The molecule has 0 aromatic heterocycles. The van der Waals surface area contributed by atoms with Crippen LogP contribution in [0.1, 0.15) is 11.1 Å². The van der Waals surface area contributed by atoms with Gasteiger partial charge in [0.1, 0.15) is 5.70 Å². The smallest absolute Gasteiger partial charge is 0.355 e. The summed E-state index contributed by atoms with van der Waals surface area (Å²) in [6.45, 7) is 0. The summed E-state index contributed by atoms with van der Waals surface area (Å²) in [5, 5.41) is 0. The summed E-state index contributed by atoms with van der Waals surface area (Å²) < 4.78 is 14.7. The molecule has 0 spiro atoms. The van der Waals surface area contributed by atoms with Crippen molar-refractivity contribution in [3.8, 4) is 0 Å². The number of methoxy groups -OCH3 is 3. The van der Waals surface area contributed by atoms with Crippen molar-refractivity contribution >= 4 is 35.2 Å². The summed E-state index contributed by atoms with van der Waals surface area (Å²) in [5.41, 5.74) is 2.58. The molecule has 2 aromatic rings. The molecule has 0 saturated heterocycles. The highest BCUT2D eigenvalue weighted by Gasteiger charge is 2.27. The van der Waals surface area contributed by atoms with Crippen LogP contribution in [-0.2, 0) is 28.6 Å². The highest BCUT2D eigenvalue weighted by molar-refractivity contribution is 6.21. The molecular weight excluding hydrogens is 422 g/mol. The highest BCUT2D eigenvalue weighted by Crippen LogP contribution is 2.28. The zero-order valence-corrected chi connectivity index (χ0v) is 18.5. The van der Waals surface area contributed by atoms with Crippen molar-refractivity contribution in [1.82, 2.24) is 0 Å². The van der Waals surface area contributed by atoms with Gasteiger partial charge >= 0.3 is 17.9 Å². The number of esters is 3. The largest absolute Gasteiger partial charge is 0.465 e. The van der Waals surface area contributed by atoms with Gasteiger partial charge in [0.25, 0.3) is 0 Å². The number of hydrogen-bond acceptors (Lipinski definition) is 7. The van der Waals surface area contributed by atoms with Crippen LogP contribution in [0.25, 0.3) is 11.6 Å². The fourth-order valence-corrected chi connectivity index (χ4v) is 3.25. The van der Waals surface area contributed by atoms with Crippen molar-refractivity contribution in [1.29, 1.82) is 0 Å². The summed E-state index contributed by atoms with van der Waals surface area (Å²) >= 11 is 0. The van der Waals surface area contributed by atoms with Crippen molar-refractivity contribution in [2.24, 2.45) is 0 Å². The number of rotatable bonds is 6. The second-order valence-electron chi connectivity index (χ2n) is 6.82. The Balaban J connectivity index is 2.03. The fraction of sp³-hybridized carbons (Fsp3) is 0.115. The molecule has 7 nitrogen and oxygen atoms in total. The van der Waals surface area contributed by atoms with Gasteiger partial charge in [-0.25, -0.2) is 14.4 Å². The SMILES string of the molecule is COC(=O)C(=Cc1ccc(N2C=CC=CC(C(=O)OC)=C2C(=O)OC)cc1)c1ccccc1. The van der Waals surface area contributed by atoms with Crippen LogP contribution in [-0.4, -0.2) is 39.2 Å². The van der Waals surface area contributed by atoms with Crippen LogP contribution in [0.15, 0.2) is 90.3 Å². The van der Waals surface area contributed by atoms with Gasteiger partial charge < -0.3 is 19.1 Å². The zero-order valence-electron chi connectivity index (χ0n) is 18.5. The van der Waals surface area contributed by atoms with Crippen molar-refractivity contribution in [2.75, 3.05) is 26.2 Å². The number of nitrogens with zero attached hydrogens (tertiary/aromatic N) is 1. The Morgan fingerprint density at radius 1 is 0.788 bits per heavy atom. The minimum Gasteiger partial charge on any atom is -0.465 e. The van der Waals surface area contributed by atoms with E-state index in [0.29, 0.717) is 11.3 Å². The monoisotopic (exact) mass is 445 g/mol. The average Bonchev–Trinajstić information content (AvgIpc) is 3.10. The van der Waals surface area contributed by atoms with Crippen LogP contribution in [0.3, 0.4) is 0 Å². The van der Waals surface area contributed by atoms with E-state index in [-0.39, 0.29) is 11.3 Å². The summed E-state index contributed by atoms with van der Waals surface area (Å²) in [6.07, 6.45) is 8.19. The number of carbonyl (C=O) groups is 3. The first-order chi connectivity index (χ1) is 16.0. The molecule has 7 heteroatoms.